The molecule has 0 aliphatic rings. The van der Waals surface area contributed by atoms with Crippen LogP contribution in [0.1, 0.15) is 25.1 Å². The lowest BCUT2D eigenvalue weighted by Crippen LogP contribution is -2.15. The van der Waals surface area contributed by atoms with Gasteiger partial charge in [-0.1, -0.05) is 31.2 Å². The zero-order chi connectivity index (χ0) is 18.4. The molecule has 0 saturated carbocycles. The van der Waals surface area contributed by atoms with Gasteiger partial charge in [0, 0.05) is 17.1 Å². The number of pyridine rings is 1. The molecule has 0 spiro atoms. The van der Waals surface area contributed by atoms with E-state index in [4.69, 9.17) is 4.74 Å². The highest BCUT2D eigenvalue weighted by molar-refractivity contribution is 7.13. The quantitative estimate of drug-likeness (QED) is 0.674. The number of carbonyl (C=O) groups is 1. The lowest BCUT2D eigenvalue weighted by molar-refractivity contribution is -0.115. The first-order valence-electron chi connectivity index (χ1n) is 8.61. The van der Waals surface area contributed by atoms with Crippen molar-refractivity contribution in [2.45, 2.75) is 26.7 Å². The van der Waals surface area contributed by atoms with Gasteiger partial charge in [0.15, 0.2) is 0 Å². The molecule has 26 heavy (non-hydrogen) atoms. The number of hydrogen-bond acceptors (Lipinski definition) is 5. The summed E-state index contributed by atoms with van der Waals surface area (Å²) in [6, 6.07) is 11.9. The highest BCUT2D eigenvalue weighted by Crippen LogP contribution is 2.25. The van der Waals surface area contributed by atoms with Crippen molar-refractivity contribution >= 4 is 22.9 Å². The van der Waals surface area contributed by atoms with Crippen LogP contribution < -0.4 is 10.1 Å². The van der Waals surface area contributed by atoms with Gasteiger partial charge < -0.3 is 10.1 Å². The predicted molar refractivity (Wildman–Crippen MR) is 105 cm³/mol. The van der Waals surface area contributed by atoms with Gasteiger partial charge in [0.25, 0.3) is 0 Å². The Bertz CT molecular complexity index is 875. The molecule has 0 aliphatic heterocycles. The zero-order valence-corrected chi connectivity index (χ0v) is 15.7. The first-order chi connectivity index (χ1) is 12.7. The van der Waals surface area contributed by atoms with E-state index >= 15 is 0 Å². The Labute approximate surface area is 157 Å². The number of anilines is 1. The number of aromatic nitrogens is 2. The maximum atomic E-state index is 12.3. The van der Waals surface area contributed by atoms with E-state index in [1.54, 1.807) is 29.7 Å². The second-order valence-corrected chi connectivity index (χ2v) is 6.57. The van der Waals surface area contributed by atoms with E-state index < -0.39 is 0 Å². The molecule has 0 atom stereocenters. The molecule has 1 amide bonds. The Hall–Kier alpha value is -2.73. The minimum Gasteiger partial charge on any atom is -0.476 e. The van der Waals surface area contributed by atoms with Gasteiger partial charge >= 0.3 is 0 Å². The van der Waals surface area contributed by atoms with E-state index in [-0.39, 0.29) is 12.3 Å². The average Bonchev–Trinajstić information content (AvgIpc) is 3.12. The first kappa shape index (κ1) is 18.1. The largest absolute Gasteiger partial charge is 0.476 e. The van der Waals surface area contributed by atoms with Crippen LogP contribution >= 0.6 is 11.3 Å². The Balaban J connectivity index is 1.66. The van der Waals surface area contributed by atoms with E-state index in [0.717, 1.165) is 22.7 Å². The van der Waals surface area contributed by atoms with Crippen LogP contribution in [0.25, 0.3) is 10.6 Å². The van der Waals surface area contributed by atoms with Crippen molar-refractivity contribution in [1.29, 1.82) is 0 Å². The summed E-state index contributed by atoms with van der Waals surface area (Å²) < 4.78 is 5.43. The normalized spacial score (nSPS) is 10.5. The Morgan fingerprint density at radius 1 is 1.19 bits per heavy atom. The molecule has 134 valence electrons. The molecular formula is C20H21N3O2S. The molecule has 2 aromatic heterocycles. The fraction of sp³-hybridized carbons (Fsp3) is 0.250. The molecule has 3 rings (SSSR count). The van der Waals surface area contributed by atoms with Crippen LogP contribution in [0, 0.1) is 0 Å². The van der Waals surface area contributed by atoms with E-state index in [2.05, 4.69) is 46.5 Å². The average molecular weight is 367 g/mol. The molecule has 0 aliphatic carbocycles. The van der Waals surface area contributed by atoms with Gasteiger partial charge in [-0.25, -0.2) is 9.97 Å². The standard InChI is InChI=1S/C20H21N3O2S/c1-3-14-7-9-15(10-8-14)20-22-16(13-26-20)12-18(24)23-17-6-5-11-21-19(17)25-4-2/h5-11,13H,3-4,12H2,1-2H3,(H,23,24). The van der Waals surface area contributed by atoms with E-state index in [1.807, 2.05) is 12.3 Å². The smallest absolute Gasteiger partial charge is 0.237 e. The summed E-state index contributed by atoms with van der Waals surface area (Å²) in [7, 11) is 0. The lowest BCUT2D eigenvalue weighted by Gasteiger charge is -2.09. The summed E-state index contributed by atoms with van der Waals surface area (Å²) in [5.41, 5.74) is 3.70. The third-order valence-electron chi connectivity index (χ3n) is 3.83. The Kier molecular flexibility index (Phi) is 5.96. The molecule has 3 aromatic rings. The number of hydrogen-bond donors (Lipinski definition) is 1. The minimum absolute atomic E-state index is 0.142. The molecule has 1 aromatic carbocycles. The maximum absolute atomic E-state index is 12.3. The number of benzene rings is 1. The fourth-order valence-corrected chi connectivity index (χ4v) is 3.33. The number of rotatable bonds is 7. The molecule has 0 radical (unpaired) electrons. The molecule has 0 fully saturated rings. The molecule has 0 saturated heterocycles. The summed E-state index contributed by atoms with van der Waals surface area (Å²) in [4.78, 5) is 21.1. The van der Waals surface area contributed by atoms with Crippen molar-refractivity contribution < 1.29 is 9.53 Å². The topological polar surface area (TPSA) is 64.1 Å². The van der Waals surface area contributed by atoms with Crippen LogP contribution in [0.5, 0.6) is 5.88 Å². The highest BCUT2D eigenvalue weighted by atomic mass is 32.1. The number of nitrogens with one attached hydrogen (secondary N) is 1. The van der Waals surface area contributed by atoms with Crippen molar-refractivity contribution in [3.8, 4) is 16.5 Å². The van der Waals surface area contributed by atoms with E-state index in [9.17, 15) is 4.79 Å². The molecule has 1 N–H and O–H groups in total. The third kappa shape index (κ3) is 4.46. The summed E-state index contributed by atoms with van der Waals surface area (Å²) in [5.74, 6) is 0.287. The molecule has 0 bridgehead atoms. The second kappa shape index (κ2) is 8.58. The van der Waals surface area contributed by atoms with Gasteiger partial charge in [0.2, 0.25) is 11.8 Å². The monoisotopic (exact) mass is 367 g/mol. The number of thiazole rings is 1. The van der Waals surface area contributed by atoms with E-state index in [0.29, 0.717) is 18.2 Å². The van der Waals surface area contributed by atoms with Crippen molar-refractivity contribution in [2.75, 3.05) is 11.9 Å². The lowest BCUT2D eigenvalue weighted by atomic mass is 10.1. The number of aryl methyl sites for hydroxylation is 1. The molecular weight excluding hydrogens is 346 g/mol. The molecule has 5 nitrogen and oxygen atoms in total. The third-order valence-corrected chi connectivity index (χ3v) is 4.77. The van der Waals surface area contributed by atoms with Crippen LogP contribution in [-0.4, -0.2) is 22.5 Å². The van der Waals surface area contributed by atoms with Crippen LogP contribution in [0.2, 0.25) is 0 Å². The summed E-state index contributed by atoms with van der Waals surface area (Å²) in [6.07, 6.45) is 2.86. The summed E-state index contributed by atoms with van der Waals surface area (Å²) in [5, 5.41) is 5.70. The fourth-order valence-electron chi connectivity index (χ4n) is 2.50. The van der Waals surface area contributed by atoms with Crippen molar-refractivity contribution in [3.63, 3.8) is 0 Å². The van der Waals surface area contributed by atoms with Crippen LogP contribution in [0.4, 0.5) is 5.69 Å². The van der Waals surface area contributed by atoms with Crippen LogP contribution in [0.3, 0.4) is 0 Å². The second-order valence-electron chi connectivity index (χ2n) is 5.71. The predicted octanol–water partition coefficient (Wildman–Crippen LogP) is 4.35. The van der Waals surface area contributed by atoms with Crippen LogP contribution in [0.15, 0.2) is 48.0 Å². The van der Waals surface area contributed by atoms with Gasteiger partial charge in [-0.3, -0.25) is 4.79 Å². The van der Waals surface area contributed by atoms with Crippen LogP contribution in [-0.2, 0) is 17.6 Å². The molecule has 0 unspecified atom stereocenters. The number of nitrogens with zero attached hydrogens (tertiary/aromatic N) is 2. The van der Waals surface area contributed by atoms with Gasteiger partial charge in [-0.2, -0.15) is 0 Å². The van der Waals surface area contributed by atoms with Crippen molar-refractivity contribution in [1.82, 2.24) is 9.97 Å². The summed E-state index contributed by atoms with van der Waals surface area (Å²) in [6.45, 7) is 4.50. The van der Waals surface area contributed by atoms with Gasteiger partial charge in [0.1, 0.15) is 10.7 Å². The van der Waals surface area contributed by atoms with Gasteiger partial charge in [-0.05, 0) is 31.0 Å². The molecule has 6 heteroatoms. The summed E-state index contributed by atoms with van der Waals surface area (Å²) >= 11 is 1.55. The Morgan fingerprint density at radius 2 is 2.00 bits per heavy atom. The zero-order valence-electron chi connectivity index (χ0n) is 14.9. The molecule has 2 heterocycles. The SMILES string of the molecule is CCOc1ncccc1NC(=O)Cc1csc(-c2ccc(CC)cc2)n1. The van der Waals surface area contributed by atoms with Gasteiger partial charge in [0.05, 0.1) is 18.7 Å². The van der Waals surface area contributed by atoms with E-state index in [1.165, 1.54) is 5.56 Å². The van der Waals surface area contributed by atoms with Crippen molar-refractivity contribution in [3.05, 3.63) is 59.2 Å². The Morgan fingerprint density at radius 3 is 2.73 bits per heavy atom. The number of carbonyl (C=O) groups excluding carboxylic acids is 1. The first-order valence-corrected chi connectivity index (χ1v) is 9.49. The maximum Gasteiger partial charge on any atom is 0.237 e. The number of ether oxygens (including phenoxy) is 1. The van der Waals surface area contributed by atoms with Gasteiger partial charge in [-0.15, -0.1) is 11.3 Å². The minimum atomic E-state index is -0.142. The van der Waals surface area contributed by atoms with Crippen molar-refractivity contribution in [2.24, 2.45) is 0 Å². The highest BCUT2D eigenvalue weighted by Gasteiger charge is 2.12. The number of amides is 1.